The van der Waals surface area contributed by atoms with Crippen LogP contribution in [-0.2, 0) is 6.54 Å². The Morgan fingerprint density at radius 3 is 2.91 bits per heavy atom. The Labute approximate surface area is 66.1 Å². The van der Waals surface area contributed by atoms with Crippen LogP contribution in [0.5, 0.6) is 0 Å². The molecular formula is C7H12N4. The summed E-state index contributed by atoms with van der Waals surface area (Å²) in [5.41, 5.74) is 1.08. The zero-order valence-corrected chi connectivity index (χ0v) is 6.76. The van der Waals surface area contributed by atoms with Gasteiger partial charge in [-0.3, -0.25) is 0 Å². The first-order valence-corrected chi connectivity index (χ1v) is 3.49. The first kappa shape index (κ1) is 7.94. The van der Waals surface area contributed by atoms with Gasteiger partial charge in [-0.1, -0.05) is 0 Å². The Balaban J connectivity index is 2.83. The van der Waals surface area contributed by atoms with E-state index in [-0.39, 0.29) is 0 Å². The lowest BCUT2D eigenvalue weighted by atomic mass is 10.3. The topological polar surface area (TPSA) is 49.8 Å². The minimum Gasteiger partial charge on any atom is -0.373 e. The van der Waals surface area contributed by atoms with Gasteiger partial charge in [0.05, 0.1) is 0 Å². The Morgan fingerprint density at radius 2 is 2.27 bits per heavy atom. The third-order valence-electron chi connectivity index (χ3n) is 1.39. The number of anilines is 1. The van der Waals surface area contributed by atoms with Crippen molar-refractivity contribution in [1.29, 1.82) is 0 Å². The number of aromatic nitrogens is 2. The number of nitrogens with zero attached hydrogens (tertiary/aromatic N) is 2. The lowest BCUT2D eigenvalue weighted by Crippen LogP contribution is -2.09. The number of nitrogens with one attached hydrogen (secondary N) is 2. The van der Waals surface area contributed by atoms with Crippen LogP contribution in [0, 0.1) is 0 Å². The molecule has 0 atom stereocenters. The molecule has 4 nitrogen and oxygen atoms in total. The van der Waals surface area contributed by atoms with Crippen molar-refractivity contribution in [2.45, 2.75) is 6.54 Å². The molecule has 1 rings (SSSR count). The number of rotatable bonds is 3. The maximum absolute atomic E-state index is 4.05. The van der Waals surface area contributed by atoms with Gasteiger partial charge in [0.25, 0.3) is 0 Å². The summed E-state index contributed by atoms with van der Waals surface area (Å²) in [6, 6.07) is 0. The fourth-order valence-corrected chi connectivity index (χ4v) is 0.903. The van der Waals surface area contributed by atoms with Crippen molar-refractivity contribution in [2.24, 2.45) is 0 Å². The van der Waals surface area contributed by atoms with Crippen LogP contribution in [0.1, 0.15) is 5.56 Å². The predicted molar refractivity (Wildman–Crippen MR) is 44.3 cm³/mol. The van der Waals surface area contributed by atoms with Crippen LogP contribution >= 0.6 is 0 Å². The summed E-state index contributed by atoms with van der Waals surface area (Å²) in [5, 5.41) is 6.03. The molecule has 4 heteroatoms. The zero-order valence-electron chi connectivity index (χ0n) is 6.76. The summed E-state index contributed by atoms with van der Waals surface area (Å²) in [6.45, 7) is 0.789. The smallest absolute Gasteiger partial charge is 0.133 e. The summed E-state index contributed by atoms with van der Waals surface area (Å²) in [6.07, 6.45) is 3.33. The van der Waals surface area contributed by atoms with E-state index >= 15 is 0 Å². The van der Waals surface area contributed by atoms with Crippen LogP contribution in [0.4, 0.5) is 5.82 Å². The van der Waals surface area contributed by atoms with Gasteiger partial charge in [0.1, 0.15) is 12.1 Å². The van der Waals surface area contributed by atoms with E-state index in [2.05, 4.69) is 20.6 Å². The molecule has 60 valence electrons. The van der Waals surface area contributed by atoms with Crippen LogP contribution in [0.15, 0.2) is 12.5 Å². The molecule has 0 radical (unpaired) electrons. The quantitative estimate of drug-likeness (QED) is 0.651. The van der Waals surface area contributed by atoms with E-state index < -0.39 is 0 Å². The van der Waals surface area contributed by atoms with E-state index in [1.807, 2.05) is 14.1 Å². The van der Waals surface area contributed by atoms with E-state index in [1.165, 1.54) is 6.33 Å². The van der Waals surface area contributed by atoms with Gasteiger partial charge in [-0.15, -0.1) is 0 Å². The summed E-state index contributed by atoms with van der Waals surface area (Å²) < 4.78 is 0. The maximum Gasteiger partial charge on any atom is 0.133 e. The van der Waals surface area contributed by atoms with E-state index in [1.54, 1.807) is 6.20 Å². The average molecular weight is 152 g/mol. The second-order valence-electron chi connectivity index (χ2n) is 2.18. The van der Waals surface area contributed by atoms with Gasteiger partial charge in [0.2, 0.25) is 0 Å². The molecule has 1 aromatic rings. The Kier molecular flexibility index (Phi) is 2.80. The van der Waals surface area contributed by atoms with E-state index in [0.29, 0.717) is 0 Å². The molecule has 0 saturated carbocycles. The highest BCUT2D eigenvalue weighted by molar-refractivity contribution is 5.40. The molecule has 0 aliphatic heterocycles. The van der Waals surface area contributed by atoms with Gasteiger partial charge in [-0.05, 0) is 7.05 Å². The molecule has 0 aliphatic rings. The normalized spacial score (nSPS) is 9.64. The zero-order chi connectivity index (χ0) is 8.10. The molecule has 0 fully saturated rings. The number of hydrogen-bond acceptors (Lipinski definition) is 4. The molecule has 11 heavy (non-hydrogen) atoms. The average Bonchev–Trinajstić information content (AvgIpc) is 2.06. The standard InChI is InChI=1S/C7H12N4/c1-8-3-6-4-10-5-11-7(6)9-2/h4-5,8H,3H2,1-2H3,(H,9,10,11). The van der Waals surface area contributed by atoms with Crippen LogP contribution in [0.3, 0.4) is 0 Å². The van der Waals surface area contributed by atoms with Gasteiger partial charge in [-0.2, -0.15) is 0 Å². The monoisotopic (exact) mass is 152 g/mol. The Hall–Kier alpha value is -1.16. The second-order valence-corrected chi connectivity index (χ2v) is 2.18. The van der Waals surface area contributed by atoms with Crippen LogP contribution in [-0.4, -0.2) is 24.1 Å². The van der Waals surface area contributed by atoms with Gasteiger partial charge >= 0.3 is 0 Å². The number of hydrogen-bond donors (Lipinski definition) is 2. The fraction of sp³-hybridized carbons (Fsp3) is 0.429. The lowest BCUT2D eigenvalue weighted by Gasteiger charge is -2.04. The third kappa shape index (κ3) is 1.88. The summed E-state index contributed by atoms with van der Waals surface area (Å²) >= 11 is 0. The van der Waals surface area contributed by atoms with E-state index in [9.17, 15) is 0 Å². The summed E-state index contributed by atoms with van der Waals surface area (Å²) in [4.78, 5) is 7.97. The van der Waals surface area contributed by atoms with Crippen molar-refractivity contribution in [3.05, 3.63) is 18.1 Å². The molecule has 0 aliphatic carbocycles. The third-order valence-corrected chi connectivity index (χ3v) is 1.39. The minimum absolute atomic E-state index is 0.789. The summed E-state index contributed by atoms with van der Waals surface area (Å²) in [7, 11) is 3.74. The van der Waals surface area contributed by atoms with Gasteiger partial charge in [-0.25, -0.2) is 9.97 Å². The molecule has 0 bridgehead atoms. The van der Waals surface area contributed by atoms with E-state index in [0.717, 1.165) is 17.9 Å². The first-order chi connectivity index (χ1) is 5.38. The molecule has 0 saturated heterocycles. The van der Waals surface area contributed by atoms with Crippen LogP contribution in [0.2, 0.25) is 0 Å². The van der Waals surface area contributed by atoms with Crippen molar-refractivity contribution >= 4 is 5.82 Å². The first-order valence-electron chi connectivity index (χ1n) is 3.49. The second kappa shape index (κ2) is 3.88. The Bertz CT molecular complexity index is 223. The summed E-state index contributed by atoms with van der Waals surface area (Å²) in [5.74, 6) is 0.884. The highest BCUT2D eigenvalue weighted by Crippen LogP contribution is 2.07. The highest BCUT2D eigenvalue weighted by atomic mass is 15.0. The maximum atomic E-state index is 4.05. The molecule has 0 unspecified atom stereocenters. The van der Waals surface area contributed by atoms with Crippen LogP contribution in [0.25, 0.3) is 0 Å². The van der Waals surface area contributed by atoms with E-state index in [4.69, 9.17) is 0 Å². The SMILES string of the molecule is CNCc1cncnc1NC. The van der Waals surface area contributed by atoms with Crippen molar-refractivity contribution in [3.63, 3.8) is 0 Å². The van der Waals surface area contributed by atoms with Crippen molar-refractivity contribution in [1.82, 2.24) is 15.3 Å². The predicted octanol–water partition coefficient (Wildman–Crippen LogP) is 0.238. The largest absolute Gasteiger partial charge is 0.373 e. The van der Waals surface area contributed by atoms with Crippen molar-refractivity contribution in [2.75, 3.05) is 19.4 Å². The highest BCUT2D eigenvalue weighted by Gasteiger charge is 1.98. The van der Waals surface area contributed by atoms with Crippen molar-refractivity contribution in [3.8, 4) is 0 Å². The Morgan fingerprint density at radius 1 is 1.45 bits per heavy atom. The van der Waals surface area contributed by atoms with Gasteiger partial charge in [0, 0.05) is 25.4 Å². The van der Waals surface area contributed by atoms with Crippen molar-refractivity contribution < 1.29 is 0 Å². The van der Waals surface area contributed by atoms with Gasteiger partial charge < -0.3 is 10.6 Å². The minimum atomic E-state index is 0.789. The molecule has 2 N–H and O–H groups in total. The van der Waals surface area contributed by atoms with Crippen LogP contribution < -0.4 is 10.6 Å². The molecular weight excluding hydrogens is 140 g/mol. The van der Waals surface area contributed by atoms with Gasteiger partial charge in [0.15, 0.2) is 0 Å². The molecule has 1 aromatic heterocycles. The lowest BCUT2D eigenvalue weighted by molar-refractivity contribution is 0.808. The molecule has 1 heterocycles. The molecule has 0 spiro atoms. The fourth-order valence-electron chi connectivity index (χ4n) is 0.903. The molecule has 0 amide bonds. The molecule has 0 aromatic carbocycles.